The number of hydrogen-bond donors (Lipinski definition) is 1. The van der Waals surface area contributed by atoms with Crippen molar-refractivity contribution in [3.8, 4) is 0 Å². The molecule has 0 aliphatic rings. The van der Waals surface area contributed by atoms with Crippen LogP contribution in [0.5, 0.6) is 0 Å². The number of nitrogens with one attached hydrogen (secondary N) is 1. The summed E-state index contributed by atoms with van der Waals surface area (Å²) in [6.07, 6.45) is 0.160. The average molecular weight is 215 g/mol. The maximum Gasteiger partial charge on any atom is 0.306 e. The van der Waals surface area contributed by atoms with E-state index in [2.05, 4.69) is 20.3 Å². The van der Waals surface area contributed by atoms with E-state index in [1.54, 1.807) is 0 Å². The van der Waals surface area contributed by atoms with Crippen LogP contribution in [0.3, 0.4) is 0 Å². The Bertz CT molecular complexity index is 312. The molecule has 1 aromatic rings. The summed E-state index contributed by atoms with van der Waals surface area (Å²) < 4.78 is 4.39. The molecule has 0 fully saturated rings. The van der Waals surface area contributed by atoms with Crippen molar-refractivity contribution < 1.29 is 14.3 Å². The quantitative estimate of drug-likeness (QED) is 0.736. The molecule has 0 unspecified atom stereocenters. The van der Waals surface area contributed by atoms with Gasteiger partial charge in [0.1, 0.15) is 5.51 Å². The third-order valence-corrected chi connectivity index (χ3v) is 2.00. The smallest absolute Gasteiger partial charge is 0.306 e. The van der Waals surface area contributed by atoms with Gasteiger partial charge in [0.2, 0.25) is 11.0 Å². The lowest BCUT2D eigenvalue weighted by atomic mass is 10.3. The lowest BCUT2D eigenvalue weighted by molar-refractivity contribution is -0.141. The molecule has 76 valence electrons. The first-order valence-corrected chi connectivity index (χ1v) is 4.73. The lowest BCUT2D eigenvalue weighted by Gasteiger charge is -1.99. The molecule has 1 amide bonds. The summed E-state index contributed by atoms with van der Waals surface area (Å²) >= 11 is 1.22. The molecule has 0 aliphatic carbocycles. The number of anilines is 1. The second-order valence-electron chi connectivity index (χ2n) is 2.37. The fourth-order valence-electron chi connectivity index (χ4n) is 0.727. The molecular formula is C7H9N3O3S. The van der Waals surface area contributed by atoms with Crippen molar-refractivity contribution in [1.29, 1.82) is 0 Å². The molecular weight excluding hydrogens is 206 g/mol. The minimum atomic E-state index is -0.405. The van der Waals surface area contributed by atoms with Gasteiger partial charge in [-0.05, 0) is 0 Å². The summed E-state index contributed by atoms with van der Waals surface area (Å²) in [6.45, 7) is 0. The second-order valence-corrected chi connectivity index (χ2v) is 3.20. The predicted octanol–water partition coefficient (Wildman–Crippen LogP) is 0.430. The fraction of sp³-hybridized carbons (Fsp3) is 0.429. The van der Waals surface area contributed by atoms with E-state index in [-0.39, 0.29) is 18.7 Å². The first kappa shape index (κ1) is 10.6. The number of aromatic nitrogens is 2. The number of rotatable bonds is 4. The Kier molecular flexibility index (Phi) is 3.99. The van der Waals surface area contributed by atoms with Gasteiger partial charge in [-0.1, -0.05) is 11.3 Å². The molecule has 0 atom stereocenters. The SMILES string of the molecule is COC(=O)CCC(=O)Nc1nncs1. The molecule has 0 bridgehead atoms. The first-order valence-electron chi connectivity index (χ1n) is 3.85. The summed E-state index contributed by atoms with van der Waals surface area (Å²) in [4.78, 5) is 21.8. The Morgan fingerprint density at radius 2 is 2.36 bits per heavy atom. The third kappa shape index (κ3) is 3.48. The summed E-state index contributed by atoms with van der Waals surface area (Å²) in [5.41, 5.74) is 1.51. The Hall–Kier alpha value is -1.50. The number of esters is 1. The maximum absolute atomic E-state index is 11.2. The largest absolute Gasteiger partial charge is 0.469 e. The van der Waals surface area contributed by atoms with Crippen molar-refractivity contribution in [3.05, 3.63) is 5.51 Å². The van der Waals surface area contributed by atoms with Gasteiger partial charge in [0.25, 0.3) is 0 Å². The van der Waals surface area contributed by atoms with Crippen LogP contribution in [0.2, 0.25) is 0 Å². The minimum Gasteiger partial charge on any atom is -0.469 e. The summed E-state index contributed by atoms with van der Waals surface area (Å²) in [7, 11) is 1.28. The van der Waals surface area contributed by atoms with Crippen LogP contribution in [0.15, 0.2) is 5.51 Å². The molecule has 0 radical (unpaired) electrons. The highest BCUT2D eigenvalue weighted by Gasteiger charge is 2.07. The summed E-state index contributed by atoms with van der Waals surface area (Å²) in [5.74, 6) is -0.676. The van der Waals surface area contributed by atoms with Crippen LogP contribution >= 0.6 is 11.3 Å². The van der Waals surface area contributed by atoms with Gasteiger partial charge in [-0.2, -0.15) is 0 Å². The zero-order valence-corrected chi connectivity index (χ0v) is 8.34. The number of hydrogen-bond acceptors (Lipinski definition) is 6. The molecule has 0 aromatic carbocycles. The second kappa shape index (κ2) is 5.28. The fourth-order valence-corrected chi connectivity index (χ4v) is 1.19. The highest BCUT2D eigenvalue weighted by atomic mass is 32.1. The Morgan fingerprint density at radius 3 is 2.93 bits per heavy atom. The standard InChI is InChI=1S/C7H9N3O3S/c1-13-6(12)3-2-5(11)9-7-10-8-4-14-7/h4H,2-3H2,1H3,(H,9,10,11). The van der Waals surface area contributed by atoms with Crippen molar-refractivity contribution in [2.45, 2.75) is 12.8 Å². The normalized spacial score (nSPS) is 9.50. The van der Waals surface area contributed by atoms with E-state index in [1.165, 1.54) is 24.0 Å². The van der Waals surface area contributed by atoms with Crippen LogP contribution in [0, 0.1) is 0 Å². The lowest BCUT2D eigenvalue weighted by Crippen LogP contribution is -2.13. The van der Waals surface area contributed by atoms with Gasteiger partial charge in [0.05, 0.1) is 13.5 Å². The summed E-state index contributed by atoms with van der Waals surface area (Å²) in [6, 6.07) is 0. The molecule has 0 saturated heterocycles. The zero-order valence-electron chi connectivity index (χ0n) is 7.52. The molecule has 0 saturated carbocycles. The van der Waals surface area contributed by atoms with Gasteiger partial charge in [-0.3, -0.25) is 9.59 Å². The molecule has 1 heterocycles. The van der Waals surface area contributed by atoms with Crippen molar-refractivity contribution in [3.63, 3.8) is 0 Å². The van der Waals surface area contributed by atoms with E-state index in [0.717, 1.165) is 0 Å². The van der Waals surface area contributed by atoms with Crippen molar-refractivity contribution in [2.75, 3.05) is 12.4 Å². The van der Waals surface area contributed by atoms with Gasteiger partial charge in [0, 0.05) is 6.42 Å². The van der Waals surface area contributed by atoms with Gasteiger partial charge >= 0.3 is 5.97 Å². The highest BCUT2D eigenvalue weighted by Crippen LogP contribution is 2.08. The molecule has 1 aromatic heterocycles. The first-order chi connectivity index (χ1) is 6.72. The monoisotopic (exact) mass is 215 g/mol. The Labute approximate surface area is 84.3 Å². The highest BCUT2D eigenvalue weighted by molar-refractivity contribution is 7.13. The van der Waals surface area contributed by atoms with Crippen molar-refractivity contribution in [2.24, 2.45) is 0 Å². The van der Waals surface area contributed by atoms with Gasteiger partial charge in [-0.15, -0.1) is 10.2 Å². The topological polar surface area (TPSA) is 81.2 Å². The van der Waals surface area contributed by atoms with E-state index in [1.807, 2.05) is 0 Å². The molecule has 14 heavy (non-hydrogen) atoms. The molecule has 0 aliphatic heterocycles. The van der Waals surface area contributed by atoms with Crippen LogP contribution in [0.25, 0.3) is 0 Å². The summed E-state index contributed by atoms with van der Waals surface area (Å²) in [5, 5.41) is 10.1. The number of carbonyl (C=O) groups is 2. The molecule has 0 spiro atoms. The maximum atomic E-state index is 11.2. The molecule has 1 rings (SSSR count). The molecule has 7 heteroatoms. The average Bonchev–Trinajstić information content (AvgIpc) is 2.66. The van der Waals surface area contributed by atoms with Crippen LogP contribution < -0.4 is 5.32 Å². The number of nitrogens with zero attached hydrogens (tertiary/aromatic N) is 2. The van der Waals surface area contributed by atoms with Crippen LogP contribution in [-0.2, 0) is 14.3 Å². The van der Waals surface area contributed by atoms with Crippen molar-refractivity contribution in [1.82, 2.24) is 10.2 Å². The Morgan fingerprint density at radius 1 is 1.57 bits per heavy atom. The van der Waals surface area contributed by atoms with E-state index >= 15 is 0 Å². The van der Waals surface area contributed by atoms with Crippen LogP contribution in [0.1, 0.15) is 12.8 Å². The molecule has 1 N–H and O–H groups in total. The predicted molar refractivity (Wildman–Crippen MR) is 49.8 cm³/mol. The number of amides is 1. The van der Waals surface area contributed by atoms with E-state index < -0.39 is 5.97 Å². The minimum absolute atomic E-state index is 0.0706. The number of methoxy groups -OCH3 is 1. The van der Waals surface area contributed by atoms with E-state index in [9.17, 15) is 9.59 Å². The third-order valence-electron chi connectivity index (χ3n) is 1.39. The molecule has 6 nitrogen and oxygen atoms in total. The van der Waals surface area contributed by atoms with Crippen LogP contribution in [-0.4, -0.2) is 29.2 Å². The van der Waals surface area contributed by atoms with Crippen LogP contribution in [0.4, 0.5) is 5.13 Å². The zero-order chi connectivity index (χ0) is 10.4. The Balaban J connectivity index is 2.26. The van der Waals surface area contributed by atoms with E-state index in [0.29, 0.717) is 5.13 Å². The van der Waals surface area contributed by atoms with Gasteiger partial charge in [0.15, 0.2) is 0 Å². The van der Waals surface area contributed by atoms with Gasteiger partial charge < -0.3 is 10.1 Å². The van der Waals surface area contributed by atoms with Gasteiger partial charge in [-0.25, -0.2) is 0 Å². The van der Waals surface area contributed by atoms with Crippen molar-refractivity contribution >= 4 is 28.3 Å². The number of ether oxygens (including phenoxy) is 1. The number of carbonyl (C=O) groups excluding carboxylic acids is 2. The van der Waals surface area contributed by atoms with E-state index in [4.69, 9.17) is 0 Å².